The fourth-order valence-corrected chi connectivity index (χ4v) is 3.67. The summed E-state index contributed by atoms with van der Waals surface area (Å²) in [6, 6.07) is 18.4. The summed E-state index contributed by atoms with van der Waals surface area (Å²) in [6.07, 6.45) is 1.86. The summed E-state index contributed by atoms with van der Waals surface area (Å²) >= 11 is 0. The van der Waals surface area contributed by atoms with E-state index in [0.717, 1.165) is 16.8 Å². The first-order valence-electron chi connectivity index (χ1n) is 10.1. The van der Waals surface area contributed by atoms with Crippen LogP contribution >= 0.6 is 0 Å². The van der Waals surface area contributed by atoms with Crippen molar-refractivity contribution < 1.29 is 14.3 Å². The zero-order valence-electron chi connectivity index (χ0n) is 17.7. The first kappa shape index (κ1) is 20.4. The van der Waals surface area contributed by atoms with Crippen LogP contribution in [-0.2, 0) is 9.53 Å². The second-order valence-electron chi connectivity index (χ2n) is 7.24. The number of carbonyl (C=O) groups is 2. The van der Waals surface area contributed by atoms with Crippen molar-refractivity contribution in [2.45, 2.75) is 19.9 Å². The first-order chi connectivity index (χ1) is 15.0. The lowest BCUT2D eigenvalue weighted by molar-refractivity contribution is -0.139. The third-order valence-electron chi connectivity index (χ3n) is 5.37. The van der Waals surface area contributed by atoms with Crippen molar-refractivity contribution in [2.75, 3.05) is 13.7 Å². The third kappa shape index (κ3) is 3.82. The van der Waals surface area contributed by atoms with Crippen LogP contribution < -0.4 is 5.32 Å². The van der Waals surface area contributed by atoms with E-state index in [1.807, 2.05) is 66.9 Å². The molecule has 1 aromatic heterocycles. The lowest BCUT2D eigenvalue weighted by atomic mass is 9.93. The molecule has 7 nitrogen and oxygen atoms in total. The van der Waals surface area contributed by atoms with Crippen LogP contribution in [0.15, 0.2) is 78.1 Å². The van der Waals surface area contributed by atoms with Crippen LogP contribution in [0, 0.1) is 0 Å². The van der Waals surface area contributed by atoms with Crippen molar-refractivity contribution in [2.24, 2.45) is 0 Å². The van der Waals surface area contributed by atoms with Gasteiger partial charge < -0.3 is 15.0 Å². The fourth-order valence-electron chi connectivity index (χ4n) is 3.67. The van der Waals surface area contributed by atoms with Gasteiger partial charge in [0, 0.05) is 30.1 Å². The molecule has 0 bridgehead atoms. The van der Waals surface area contributed by atoms with Gasteiger partial charge in [-0.3, -0.25) is 0 Å². The Balaban J connectivity index is 1.91. The van der Waals surface area contributed by atoms with Crippen molar-refractivity contribution in [3.8, 4) is 16.9 Å². The Morgan fingerprint density at radius 1 is 1.10 bits per heavy atom. The molecular weight excluding hydrogens is 392 g/mol. The van der Waals surface area contributed by atoms with Crippen molar-refractivity contribution in [3.63, 3.8) is 0 Å². The molecule has 158 valence electrons. The molecule has 4 rings (SSSR count). The molecule has 7 heteroatoms. The van der Waals surface area contributed by atoms with Crippen LogP contribution in [-0.4, -0.2) is 40.3 Å². The number of hydrogen-bond donors (Lipinski definition) is 1. The zero-order valence-corrected chi connectivity index (χ0v) is 17.7. The summed E-state index contributed by atoms with van der Waals surface area (Å²) in [5, 5.41) is 7.76. The number of allylic oxidation sites excluding steroid dienone is 1. The summed E-state index contributed by atoms with van der Waals surface area (Å²) < 4.78 is 7.09. The van der Waals surface area contributed by atoms with E-state index in [9.17, 15) is 9.59 Å². The second kappa shape index (κ2) is 8.47. The lowest BCUT2D eigenvalue weighted by Gasteiger charge is -2.33. The summed E-state index contributed by atoms with van der Waals surface area (Å²) in [7, 11) is 1.63. The summed E-state index contributed by atoms with van der Waals surface area (Å²) in [4.78, 5) is 26.9. The van der Waals surface area contributed by atoms with Crippen LogP contribution in [0.25, 0.3) is 16.9 Å². The number of hydrogen-bond acceptors (Lipinski definition) is 4. The molecule has 0 saturated heterocycles. The Bertz CT molecular complexity index is 1140. The molecule has 0 spiro atoms. The number of nitrogens with one attached hydrogen (secondary N) is 1. The predicted octanol–water partition coefficient (Wildman–Crippen LogP) is 4.07. The quantitative estimate of drug-likeness (QED) is 0.636. The Morgan fingerprint density at radius 2 is 1.74 bits per heavy atom. The van der Waals surface area contributed by atoms with E-state index >= 15 is 0 Å². The SMILES string of the molecule is CCOC(=O)C1=C(C)N(C)C(=O)NC1c1cn(-c2ccccc2)nc1-c1ccccc1. The molecule has 3 aromatic rings. The molecule has 2 aromatic carbocycles. The van der Waals surface area contributed by atoms with E-state index in [4.69, 9.17) is 9.84 Å². The van der Waals surface area contributed by atoms with E-state index in [1.54, 1.807) is 25.6 Å². The van der Waals surface area contributed by atoms with Crippen LogP contribution in [0.2, 0.25) is 0 Å². The van der Waals surface area contributed by atoms with Gasteiger partial charge in [0.1, 0.15) is 0 Å². The monoisotopic (exact) mass is 416 g/mol. The second-order valence-corrected chi connectivity index (χ2v) is 7.24. The maximum atomic E-state index is 12.9. The van der Waals surface area contributed by atoms with Crippen LogP contribution in [0.3, 0.4) is 0 Å². The number of rotatable bonds is 5. The van der Waals surface area contributed by atoms with Gasteiger partial charge in [0.15, 0.2) is 0 Å². The highest BCUT2D eigenvalue weighted by molar-refractivity contribution is 5.95. The van der Waals surface area contributed by atoms with Gasteiger partial charge in [-0.2, -0.15) is 5.10 Å². The number of amides is 2. The predicted molar refractivity (Wildman–Crippen MR) is 117 cm³/mol. The maximum Gasteiger partial charge on any atom is 0.338 e. The minimum absolute atomic E-state index is 0.245. The lowest BCUT2D eigenvalue weighted by Crippen LogP contribution is -2.46. The third-order valence-corrected chi connectivity index (χ3v) is 5.37. The molecule has 0 radical (unpaired) electrons. The van der Waals surface area contributed by atoms with Gasteiger partial charge in [-0.15, -0.1) is 0 Å². The topological polar surface area (TPSA) is 76.5 Å². The molecule has 0 aliphatic carbocycles. The van der Waals surface area contributed by atoms with Crippen LogP contribution in [0.4, 0.5) is 4.79 Å². The molecule has 0 saturated carbocycles. The normalized spacial score (nSPS) is 16.3. The van der Waals surface area contributed by atoms with Gasteiger partial charge in [0.25, 0.3) is 0 Å². The van der Waals surface area contributed by atoms with Gasteiger partial charge in [0.05, 0.1) is 29.6 Å². The zero-order chi connectivity index (χ0) is 22.0. The van der Waals surface area contributed by atoms with Crippen molar-refractivity contribution in [1.29, 1.82) is 0 Å². The number of urea groups is 1. The minimum atomic E-state index is -0.685. The summed E-state index contributed by atoms with van der Waals surface area (Å²) in [5.74, 6) is -0.455. The van der Waals surface area contributed by atoms with Gasteiger partial charge in [-0.1, -0.05) is 48.5 Å². The van der Waals surface area contributed by atoms with E-state index in [0.29, 0.717) is 17.0 Å². The number of esters is 1. The van der Waals surface area contributed by atoms with Crippen LogP contribution in [0.1, 0.15) is 25.5 Å². The van der Waals surface area contributed by atoms with Crippen molar-refractivity contribution >= 4 is 12.0 Å². The maximum absolute atomic E-state index is 12.9. The van der Waals surface area contributed by atoms with E-state index in [2.05, 4.69) is 5.32 Å². The molecule has 1 aliphatic rings. The Hall–Kier alpha value is -3.87. The van der Waals surface area contributed by atoms with Gasteiger partial charge in [-0.25, -0.2) is 14.3 Å². The number of benzene rings is 2. The largest absolute Gasteiger partial charge is 0.463 e. The molecule has 31 heavy (non-hydrogen) atoms. The molecule has 1 aliphatic heterocycles. The molecule has 2 amide bonds. The smallest absolute Gasteiger partial charge is 0.338 e. The number of nitrogens with zero attached hydrogens (tertiary/aromatic N) is 3. The standard InChI is InChI=1S/C24H24N4O3/c1-4-31-23(29)20-16(2)27(3)24(30)25-22(20)19-15-28(18-13-9-6-10-14-18)26-21(19)17-11-7-5-8-12-17/h5-15,22H,4H2,1-3H3,(H,25,30). The number of ether oxygens (including phenoxy) is 1. The van der Waals surface area contributed by atoms with E-state index < -0.39 is 12.0 Å². The van der Waals surface area contributed by atoms with Crippen molar-refractivity contribution in [3.05, 3.63) is 83.7 Å². The molecular formula is C24H24N4O3. The highest BCUT2D eigenvalue weighted by Crippen LogP contribution is 2.36. The Labute approximate surface area is 180 Å². The van der Waals surface area contributed by atoms with E-state index in [1.165, 1.54) is 4.90 Å². The highest BCUT2D eigenvalue weighted by Gasteiger charge is 2.37. The summed E-state index contributed by atoms with van der Waals surface area (Å²) in [5.41, 5.74) is 4.13. The summed E-state index contributed by atoms with van der Waals surface area (Å²) in [6.45, 7) is 3.76. The van der Waals surface area contributed by atoms with Crippen LogP contribution in [0.5, 0.6) is 0 Å². The Kier molecular flexibility index (Phi) is 5.58. The average Bonchev–Trinajstić information content (AvgIpc) is 3.24. The highest BCUT2D eigenvalue weighted by atomic mass is 16.5. The van der Waals surface area contributed by atoms with Gasteiger partial charge in [-0.05, 0) is 26.0 Å². The number of aromatic nitrogens is 2. The molecule has 2 heterocycles. The molecule has 1 atom stereocenters. The number of carbonyl (C=O) groups excluding carboxylic acids is 2. The number of para-hydroxylation sites is 1. The average molecular weight is 416 g/mol. The van der Waals surface area contributed by atoms with Gasteiger partial charge in [0.2, 0.25) is 0 Å². The van der Waals surface area contributed by atoms with Crippen molar-refractivity contribution in [1.82, 2.24) is 20.0 Å². The first-order valence-corrected chi connectivity index (χ1v) is 10.1. The minimum Gasteiger partial charge on any atom is -0.463 e. The molecule has 1 N–H and O–H groups in total. The Morgan fingerprint density at radius 3 is 2.39 bits per heavy atom. The van der Waals surface area contributed by atoms with Gasteiger partial charge >= 0.3 is 12.0 Å². The molecule has 1 unspecified atom stereocenters. The molecule has 0 fully saturated rings. The fraction of sp³-hybridized carbons (Fsp3) is 0.208. The van der Waals surface area contributed by atoms with E-state index in [-0.39, 0.29) is 12.6 Å².